The Morgan fingerprint density at radius 1 is 0.912 bits per heavy atom. The predicted octanol–water partition coefficient (Wildman–Crippen LogP) is 4.88. The number of rotatable bonds is 6. The van der Waals surface area contributed by atoms with Gasteiger partial charge >= 0.3 is 0 Å². The van der Waals surface area contributed by atoms with Crippen LogP contribution in [-0.4, -0.2) is 57.3 Å². The van der Waals surface area contributed by atoms with Gasteiger partial charge in [-0.3, -0.25) is 4.79 Å². The largest absolute Gasteiger partial charge is 0.367 e. The third kappa shape index (κ3) is 5.73. The van der Waals surface area contributed by atoms with E-state index in [1.165, 1.54) is 77.2 Å². The van der Waals surface area contributed by atoms with Gasteiger partial charge in [0, 0.05) is 38.8 Å². The summed E-state index contributed by atoms with van der Waals surface area (Å²) in [4.78, 5) is 20.6. The maximum Gasteiger partial charge on any atom is 0.272 e. The highest BCUT2D eigenvalue weighted by molar-refractivity contribution is 6.04. The minimum absolute atomic E-state index is 0.0670. The molecular weight excluding hydrogens is 424 g/mol. The number of pyridine rings is 1. The lowest BCUT2D eigenvalue weighted by Gasteiger charge is -2.35. The second-order valence-corrected chi connectivity index (χ2v) is 10.9. The van der Waals surface area contributed by atoms with E-state index in [9.17, 15) is 4.79 Å². The average molecular weight is 467 g/mol. The van der Waals surface area contributed by atoms with Gasteiger partial charge in [0.1, 0.15) is 5.82 Å². The number of nitrogens with one attached hydrogen (secondary N) is 2. The smallest absolute Gasteiger partial charge is 0.272 e. The molecule has 0 bridgehead atoms. The standard InChI is InChI=1S/C27H42N6O/c1-32-26-23(13-14-24(30-26)28-21-11-7-2-3-8-12-21)25(31-32)27(34)29-22-15-17-33(18-16-22)19-20-9-5-4-6-10-20/h13-14,20-22H,2-12,15-19H2,1H3,(H,28,30)(H,29,34). The number of likely N-dealkylation sites (tertiary alicyclic amines) is 1. The number of nitrogens with zero attached hydrogens (tertiary/aromatic N) is 4. The molecule has 2 aromatic rings. The van der Waals surface area contributed by atoms with Crippen LogP contribution in [0.4, 0.5) is 5.82 Å². The van der Waals surface area contributed by atoms with Crippen molar-refractivity contribution < 1.29 is 4.79 Å². The molecule has 3 aliphatic rings. The molecule has 7 nitrogen and oxygen atoms in total. The fourth-order valence-electron chi connectivity index (χ4n) is 6.26. The van der Waals surface area contributed by atoms with Gasteiger partial charge in [-0.2, -0.15) is 5.10 Å². The van der Waals surface area contributed by atoms with E-state index in [2.05, 4.69) is 20.6 Å². The van der Waals surface area contributed by atoms with E-state index in [0.717, 1.165) is 48.7 Å². The lowest BCUT2D eigenvalue weighted by molar-refractivity contribution is 0.0897. The van der Waals surface area contributed by atoms with E-state index in [0.29, 0.717) is 11.7 Å². The number of piperidine rings is 1. The Hall–Kier alpha value is -2.15. The van der Waals surface area contributed by atoms with Gasteiger partial charge in [0.05, 0.1) is 5.39 Å². The van der Waals surface area contributed by atoms with Crippen molar-refractivity contribution >= 4 is 22.8 Å². The Morgan fingerprint density at radius 2 is 1.59 bits per heavy atom. The first kappa shape index (κ1) is 23.6. The fraction of sp³-hybridized carbons (Fsp3) is 0.741. The fourth-order valence-corrected chi connectivity index (χ4v) is 6.26. The second-order valence-electron chi connectivity index (χ2n) is 10.9. The van der Waals surface area contributed by atoms with Crippen molar-refractivity contribution in [2.45, 2.75) is 95.6 Å². The highest BCUT2D eigenvalue weighted by atomic mass is 16.2. The van der Waals surface area contributed by atoms with Crippen molar-refractivity contribution in [1.29, 1.82) is 0 Å². The summed E-state index contributed by atoms with van der Waals surface area (Å²) in [7, 11) is 1.88. The highest BCUT2D eigenvalue weighted by Gasteiger charge is 2.26. The number of amides is 1. The Balaban J connectivity index is 1.17. The number of hydrogen-bond donors (Lipinski definition) is 2. The van der Waals surface area contributed by atoms with Crippen molar-refractivity contribution in [1.82, 2.24) is 25.0 Å². The molecule has 2 aliphatic carbocycles. The van der Waals surface area contributed by atoms with Crippen molar-refractivity contribution in [3.05, 3.63) is 17.8 Å². The highest BCUT2D eigenvalue weighted by Crippen LogP contribution is 2.26. The van der Waals surface area contributed by atoms with Crippen LogP contribution in [0.1, 0.15) is 94.0 Å². The van der Waals surface area contributed by atoms with Crippen LogP contribution in [-0.2, 0) is 7.05 Å². The molecule has 0 radical (unpaired) electrons. The molecule has 34 heavy (non-hydrogen) atoms. The van der Waals surface area contributed by atoms with Gasteiger partial charge in [0.25, 0.3) is 5.91 Å². The quantitative estimate of drug-likeness (QED) is 0.594. The Kier molecular flexibility index (Phi) is 7.67. The third-order valence-corrected chi connectivity index (χ3v) is 8.27. The zero-order valence-corrected chi connectivity index (χ0v) is 20.9. The summed E-state index contributed by atoms with van der Waals surface area (Å²) in [6.45, 7) is 3.42. The van der Waals surface area contributed by atoms with E-state index >= 15 is 0 Å². The maximum absolute atomic E-state index is 13.1. The molecule has 3 fully saturated rings. The van der Waals surface area contributed by atoms with Crippen LogP contribution in [0.3, 0.4) is 0 Å². The second kappa shape index (κ2) is 11.1. The zero-order valence-electron chi connectivity index (χ0n) is 20.9. The topological polar surface area (TPSA) is 75.1 Å². The minimum Gasteiger partial charge on any atom is -0.367 e. The Morgan fingerprint density at radius 3 is 2.32 bits per heavy atom. The molecule has 2 saturated carbocycles. The van der Waals surface area contributed by atoms with Gasteiger partial charge in [0.15, 0.2) is 11.3 Å². The summed E-state index contributed by atoms with van der Waals surface area (Å²) in [5.41, 5.74) is 1.27. The van der Waals surface area contributed by atoms with Gasteiger partial charge in [-0.1, -0.05) is 44.9 Å². The van der Waals surface area contributed by atoms with Crippen LogP contribution in [0.2, 0.25) is 0 Å². The molecule has 5 rings (SSSR count). The third-order valence-electron chi connectivity index (χ3n) is 8.27. The summed E-state index contributed by atoms with van der Waals surface area (Å²) in [5.74, 6) is 1.71. The van der Waals surface area contributed by atoms with E-state index in [1.807, 2.05) is 19.2 Å². The molecule has 0 aromatic carbocycles. The molecule has 2 aromatic heterocycles. The van der Waals surface area contributed by atoms with Crippen LogP contribution >= 0.6 is 0 Å². The molecule has 0 spiro atoms. The summed E-state index contributed by atoms with van der Waals surface area (Å²) < 4.78 is 1.75. The number of hydrogen-bond acceptors (Lipinski definition) is 5. The normalized spacial score (nSPS) is 22.0. The summed E-state index contributed by atoms with van der Waals surface area (Å²) in [6, 6.07) is 4.75. The van der Waals surface area contributed by atoms with Crippen LogP contribution in [0.25, 0.3) is 11.0 Å². The van der Waals surface area contributed by atoms with Crippen molar-refractivity contribution in [2.75, 3.05) is 25.0 Å². The van der Waals surface area contributed by atoms with Crippen molar-refractivity contribution in [3.8, 4) is 0 Å². The number of aromatic nitrogens is 3. The van der Waals surface area contributed by atoms with Gasteiger partial charge in [-0.05, 0) is 56.6 Å². The monoisotopic (exact) mass is 466 g/mol. The van der Waals surface area contributed by atoms with E-state index in [4.69, 9.17) is 4.98 Å². The lowest BCUT2D eigenvalue weighted by atomic mass is 9.88. The molecule has 1 saturated heterocycles. The zero-order chi connectivity index (χ0) is 23.3. The molecule has 1 amide bonds. The summed E-state index contributed by atoms with van der Waals surface area (Å²) >= 11 is 0. The molecule has 0 unspecified atom stereocenters. The number of carbonyl (C=O) groups excluding carboxylic acids is 1. The lowest BCUT2D eigenvalue weighted by Crippen LogP contribution is -2.46. The Bertz CT molecular complexity index is 949. The first-order valence-electron chi connectivity index (χ1n) is 13.8. The van der Waals surface area contributed by atoms with Gasteiger partial charge < -0.3 is 15.5 Å². The van der Waals surface area contributed by atoms with E-state index in [-0.39, 0.29) is 11.9 Å². The molecule has 3 heterocycles. The van der Waals surface area contributed by atoms with Gasteiger partial charge in [-0.15, -0.1) is 0 Å². The van der Waals surface area contributed by atoms with E-state index in [1.54, 1.807) is 4.68 Å². The van der Waals surface area contributed by atoms with Crippen molar-refractivity contribution in [2.24, 2.45) is 13.0 Å². The number of aryl methyl sites for hydroxylation is 1. The summed E-state index contributed by atoms with van der Waals surface area (Å²) in [5, 5.41) is 12.3. The van der Waals surface area contributed by atoms with Gasteiger partial charge in [0.2, 0.25) is 0 Å². The molecule has 7 heteroatoms. The van der Waals surface area contributed by atoms with Crippen LogP contribution < -0.4 is 10.6 Å². The molecule has 186 valence electrons. The SMILES string of the molecule is Cn1nc(C(=O)NC2CCN(CC3CCCCC3)CC2)c2ccc(NC3CCCCCC3)nc21. The molecular formula is C27H42N6O. The van der Waals surface area contributed by atoms with E-state index < -0.39 is 0 Å². The van der Waals surface area contributed by atoms with Crippen molar-refractivity contribution in [3.63, 3.8) is 0 Å². The molecule has 0 atom stereocenters. The first-order chi connectivity index (χ1) is 16.7. The first-order valence-corrected chi connectivity index (χ1v) is 13.8. The average Bonchev–Trinajstić information content (AvgIpc) is 3.00. The number of carbonyl (C=O) groups is 1. The Labute approximate surface area is 204 Å². The van der Waals surface area contributed by atoms with Crippen LogP contribution in [0.5, 0.6) is 0 Å². The molecule has 2 N–H and O–H groups in total. The van der Waals surface area contributed by atoms with Crippen LogP contribution in [0, 0.1) is 5.92 Å². The minimum atomic E-state index is -0.0670. The molecule has 1 aliphatic heterocycles. The van der Waals surface area contributed by atoms with Gasteiger partial charge in [-0.25, -0.2) is 9.67 Å². The van der Waals surface area contributed by atoms with Crippen LogP contribution in [0.15, 0.2) is 12.1 Å². The predicted molar refractivity (Wildman–Crippen MR) is 137 cm³/mol. The maximum atomic E-state index is 13.1. The summed E-state index contributed by atoms with van der Waals surface area (Å²) in [6.07, 6.45) is 16.7. The number of fused-ring (bicyclic) bond motifs is 1. The number of anilines is 1.